The lowest BCUT2D eigenvalue weighted by Gasteiger charge is -2.22. The molecule has 142 valence electrons. The fourth-order valence-electron chi connectivity index (χ4n) is 2.52. The molecule has 0 aromatic heterocycles. The number of nitrogens with zero attached hydrogens (tertiary/aromatic N) is 1. The predicted octanol–water partition coefficient (Wildman–Crippen LogP) is 2.50. The summed E-state index contributed by atoms with van der Waals surface area (Å²) in [6, 6.07) is 6.85. The van der Waals surface area contributed by atoms with Crippen LogP contribution in [0.1, 0.15) is 53.5 Å². The van der Waals surface area contributed by atoms with Gasteiger partial charge in [-0.1, -0.05) is 39.8 Å². The van der Waals surface area contributed by atoms with Crippen molar-refractivity contribution in [3.05, 3.63) is 29.8 Å². The van der Waals surface area contributed by atoms with E-state index in [-0.39, 0.29) is 5.41 Å². The van der Waals surface area contributed by atoms with E-state index in [1.165, 1.54) is 0 Å². The van der Waals surface area contributed by atoms with Crippen molar-refractivity contribution in [2.24, 2.45) is 0 Å². The Hall–Kier alpha value is -2.57. The number of urea groups is 1. The van der Waals surface area contributed by atoms with Crippen LogP contribution < -0.4 is 15.5 Å². The van der Waals surface area contributed by atoms with Gasteiger partial charge in [0.05, 0.1) is 0 Å². The van der Waals surface area contributed by atoms with E-state index in [9.17, 15) is 14.4 Å². The average Bonchev–Trinajstić information content (AvgIpc) is 2.78. The molecule has 1 aromatic rings. The number of benzene rings is 1. The Bertz CT molecular complexity index is 708. The number of imide groups is 1. The second kappa shape index (κ2) is 6.97. The molecule has 0 radical (unpaired) electrons. The first-order valence-electron chi connectivity index (χ1n) is 8.72. The maximum Gasteiger partial charge on any atom is 0.344 e. The number of amides is 4. The van der Waals surface area contributed by atoms with E-state index in [1.54, 1.807) is 32.9 Å². The highest BCUT2D eigenvalue weighted by Crippen LogP contribution is 2.25. The lowest BCUT2D eigenvalue weighted by Crippen LogP contribution is -2.51. The van der Waals surface area contributed by atoms with Crippen LogP contribution in [0.4, 0.5) is 4.79 Å². The Morgan fingerprint density at radius 1 is 1.27 bits per heavy atom. The summed E-state index contributed by atoms with van der Waals surface area (Å²) in [5.41, 5.74) is 2.51. The van der Waals surface area contributed by atoms with Gasteiger partial charge >= 0.3 is 6.03 Å². The van der Waals surface area contributed by atoms with Crippen LogP contribution in [0.5, 0.6) is 5.75 Å². The van der Waals surface area contributed by atoms with Gasteiger partial charge in [0.1, 0.15) is 11.3 Å². The molecule has 0 aliphatic carbocycles. The standard InChI is InChI=1S/C19H27N3O4/c1-7-19(6)16(24)22(17(25)20-19)21-15(23)12(2)26-14-10-8-13(9-11-14)18(3,4)5/h8-12H,7H2,1-6H3,(H,20,25)(H,21,23)/t12-,19-/m0/s1. The van der Waals surface area contributed by atoms with Gasteiger partial charge in [-0.15, -0.1) is 0 Å². The molecular weight excluding hydrogens is 334 g/mol. The summed E-state index contributed by atoms with van der Waals surface area (Å²) in [6.07, 6.45) is -0.444. The molecular formula is C19H27N3O4. The normalized spacial score (nSPS) is 21.4. The molecule has 0 saturated carbocycles. The first-order valence-corrected chi connectivity index (χ1v) is 8.72. The zero-order chi connectivity index (χ0) is 19.7. The Labute approximate surface area is 154 Å². The van der Waals surface area contributed by atoms with Gasteiger partial charge in [0.25, 0.3) is 11.8 Å². The largest absolute Gasteiger partial charge is 0.481 e. The summed E-state index contributed by atoms with van der Waals surface area (Å²) in [5.74, 6) is -0.523. The second-order valence-corrected chi connectivity index (χ2v) is 7.77. The summed E-state index contributed by atoms with van der Waals surface area (Å²) in [6.45, 7) is 11.3. The van der Waals surface area contributed by atoms with E-state index < -0.39 is 29.5 Å². The minimum Gasteiger partial charge on any atom is -0.481 e. The van der Waals surface area contributed by atoms with Crippen LogP contribution in [0.15, 0.2) is 24.3 Å². The minimum atomic E-state index is -1.00. The molecule has 2 atom stereocenters. The highest BCUT2D eigenvalue weighted by molar-refractivity contribution is 6.07. The van der Waals surface area contributed by atoms with Crippen LogP contribution in [0.2, 0.25) is 0 Å². The fraction of sp³-hybridized carbons (Fsp3) is 0.526. The van der Waals surface area contributed by atoms with Crippen molar-refractivity contribution in [2.75, 3.05) is 0 Å². The van der Waals surface area contributed by atoms with E-state index >= 15 is 0 Å². The van der Waals surface area contributed by atoms with Crippen LogP contribution in [0.25, 0.3) is 0 Å². The molecule has 0 unspecified atom stereocenters. The fourth-order valence-corrected chi connectivity index (χ4v) is 2.52. The van der Waals surface area contributed by atoms with Crippen molar-refractivity contribution in [1.82, 2.24) is 15.8 Å². The van der Waals surface area contributed by atoms with Crippen LogP contribution in [-0.4, -0.2) is 34.5 Å². The smallest absolute Gasteiger partial charge is 0.344 e. The van der Waals surface area contributed by atoms with Crippen molar-refractivity contribution < 1.29 is 19.1 Å². The molecule has 1 heterocycles. The van der Waals surface area contributed by atoms with Crippen molar-refractivity contribution in [3.63, 3.8) is 0 Å². The molecule has 4 amide bonds. The zero-order valence-electron chi connectivity index (χ0n) is 16.2. The van der Waals surface area contributed by atoms with Crippen molar-refractivity contribution in [2.45, 2.75) is 65.0 Å². The van der Waals surface area contributed by atoms with Gasteiger partial charge in [-0.3, -0.25) is 15.0 Å². The molecule has 1 saturated heterocycles. The quantitative estimate of drug-likeness (QED) is 0.789. The number of rotatable bonds is 5. The van der Waals surface area contributed by atoms with E-state index in [1.807, 2.05) is 12.1 Å². The third kappa shape index (κ3) is 3.98. The Morgan fingerprint density at radius 3 is 2.31 bits per heavy atom. The molecule has 1 aliphatic rings. The summed E-state index contributed by atoms with van der Waals surface area (Å²) in [7, 11) is 0. The average molecular weight is 361 g/mol. The van der Waals surface area contributed by atoms with Gasteiger partial charge < -0.3 is 10.1 Å². The second-order valence-electron chi connectivity index (χ2n) is 7.77. The van der Waals surface area contributed by atoms with Crippen molar-refractivity contribution in [3.8, 4) is 5.75 Å². The number of carbonyl (C=O) groups is 3. The van der Waals surface area contributed by atoms with Crippen LogP contribution >= 0.6 is 0 Å². The molecule has 1 aliphatic heterocycles. The third-order valence-electron chi connectivity index (χ3n) is 4.59. The lowest BCUT2D eigenvalue weighted by molar-refractivity contribution is -0.141. The van der Waals surface area contributed by atoms with Crippen molar-refractivity contribution in [1.29, 1.82) is 0 Å². The van der Waals surface area contributed by atoms with Gasteiger partial charge in [0, 0.05) is 0 Å². The molecule has 2 rings (SSSR count). The van der Waals surface area contributed by atoms with Crippen LogP contribution in [-0.2, 0) is 15.0 Å². The zero-order valence-corrected chi connectivity index (χ0v) is 16.2. The van der Waals surface area contributed by atoms with E-state index in [4.69, 9.17) is 4.74 Å². The Kier molecular flexibility index (Phi) is 5.30. The number of hydrogen-bond acceptors (Lipinski definition) is 4. The first-order chi connectivity index (χ1) is 12.0. The Morgan fingerprint density at radius 2 is 1.85 bits per heavy atom. The summed E-state index contributed by atoms with van der Waals surface area (Å²) < 4.78 is 5.62. The van der Waals surface area contributed by atoms with Gasteiger partial charge in [-0.25, -0.2) is 4.79 Å². The molecule has 7 heteroatoms. The predicted molar refractivity (Wildman–Crippen MR) is 97.4 cm³/mol. The summed E-state index contributed by atoms with van der Waals surface area (Å²) >= 11 is 0. The summed E-state index contributed by atoms with van der Waals surface area (Å²) in [5, 5.41) is 3.29. The monoisotopic (exact) mass is 361 g/mol. The van der Waals surface area contributed by atoms with Gasteiger partial charge in [0.2, 0.25) is 0 Å². The highest BCUT2D eigenvalue weighted by Gasteiger charge is 2.47. The van der Waals surface area contributed by atoms with Crippen LogP contribution in [0.3, 0.4) is 0 Å². The summed E-state index contributed by atoms with van der Waals surface area (Å²) in [4.78, 5) is 36.6. The van der Waals surface area contributed by atoms with Gasteiger partial charge in [-0.2, -0.15) is 5.01 Å². The number of carbonyl (C=O) groups excluding carboxylic acids is 3. The van der Waals surface area contributed by atoms with E-state index in [0.29, 0.717) is 17.2 Å². The van der Waals surface area contributed by atoms with E-state index in [2.05, 4.69) is 31.5 Å². The van der Waals surface area contributed by atoms with E-state index in [0.717, 1.165) is 5.56 Å². The Balaban J connectivity index is 2.00. The molecule has 2 N–H and O–H groups in total. The van der Waals surface area contributed by atoms with Gasteiger partial charge in [-0.05, 0) is 43.4 Å². The molecule has 7 nitrogen and oxygen atoms in total. The first kappa shape index (κ1) is 19.8. The number of hydrazine groups is 1. The van der Waals surface area contributed by atoms with Crippen LogP contribution in [0, 0.1) is 0 Å². The lowest BCUT2D eigenvalue weighted by atomic mass is 9.87. The number of nitrogens with one attached hydrogen (secondary N) is 2. The van der Waals surface area contributed by atoms with Gasteiger partial charge in [0.15, 0.2) is 6.10 Å². The molecule has 1 aromatic carbocycles. The number of ether oxygens (including phenoxy) is 1. The molecule has 0 bridgehead atoms. The third-order valence-corrected chi connectivity index (χ3v) is 4.59. The maximum absolute atomic E-state index is 12.3. The maximum atomic E-state index is 12.3. The topological polar surface area (TPSA) is 87.7 Å². The molecule has 26 heavy (non-hydrogen) atoms. The number of hydrogen-bond donors (Lipinski definition) is 2. The van der Waals surface area contributed by atoms with Crippen molar-refractivity contribution >= 4 is 17.8 Å². The molecule has 1 fully saturated rings. The molecule has 0 spiro atoms. The minimum absolute atomic E-state index is 0.0247. The highest BCUT2D eigenvalue weighted by atomic mass is 16.5. The SMILES string of the molecule is CC[C@]1(C)NC(=O)N(NC(=O)[C@H](C)Oc2ccc(C(C)(C)C)cc2)C1=O.